The summed E-state index contributed by atoms with van der Waals surface area (Å²) in [5, 5.41) is 3.08. The Morgan fingerprint density at radius 1 is 0.974 bits per heavy atom. The van der Waals surface area contributed by atoms with Gasteiger partial charge in [-0.15, -0.1) is 0 Å². The Morgan fingerprint density at radius 3 is 2.18 bits per heavy atom. The number of nitrogens with zero attached hydrogens (tertiary/aromatic N) is 2. The molecule has 39 heavy (non-hydrogen) atoms. The van der Waals surface area contributed by atoms with Crippen LogP contribution >= 0.6 is 0 Å². The number of urea groups is 1. The summed E-state index contributed by atoms with van der Waals surface area (Å²) >= 11 is 0. The van der Waals surface area contributed by atoms with E-state index in [0.717, 1.165) is 22.6 Å². The molecule has 6 nitrogen and oxygen atoms in total. The Balaban J connectivity index is 1.34. The van der Waals surface area contributed by atoms with Crippen molar-refractivity contribution in [3.8, 4) is 5.75 Å². The maximum absolute atomic E-state index is 13.8. The Hall–Kier alpha value is -3.87. The quantitative estimate of drug-likeness (QED) is 0.377. The molecule has 3 aromatic rings. The van der Waals surface area contributed by atoms with E-state index >= 15 is 0 Å². The van der Waals surface area contributed by atoms with Gasteiger partial charge >= 0.3 is 6.03 Å². The van der Waals surface area contributed by atoms with Crippen LogP contribution in [0.2, 0.25) is 0 Å². The maximum Gasteiger partial charge on any atom is 0.317 e. The molecule has 2 aliphatic heterocycles. The van der Waals surface area contributed by atoms with Crippen molar-refractivity contribution in [1.82, 2.24) is 10.2 Å². The molecule has 0 aliphatic carbocycles. The summed E-state index contributed by atoms with van der Waals surface area (Å²) in [6, 6.07) is 23.3. The van der Waals surface area contributed by atoms with E-state index in [2.05, 4.69) is 5.32 Å². The molecule has 3 aromatic carbocycles. The lowest BCUT2D eigenvalue weighted by Gasteiger charge is -2.59. The fourth-order valence-corrected chi connectivity index (χ4v) is 5.76. The fraction of sp³-hybridized carbons (Fsp3) is 0.375. The SMILES string of the molecule is CC(NC(=O)N1CCC2(CC1)C(=O)N(c1ccc(OC(C)(C)C)cc1)C2c1ccc(F)cc1)c1ccccc1. The van der Waals surface area contributed by atoms with Gasteiger partial charge in [0.2, 0.25) is 5.91 Å². The van der Waals surface area contributed by atoms with E-state index < -0.39 is 5.41 Å². The molecule has 3 amide bonds. The van der Waals surface area contributed by atoms with Gasteiger partial charge in [0, 0.05) is 18.8 Å². The smallest absolute Gasteiger partial charge is 0.317 e. The summed E-state index contributed by atoms with van der Waals surface area (Å²) < 4.78 is 19.8. The van der Waals surface area contributed by atoms with E-state index in [-0.39, 0.29) is 35.4 Å². The lowest BCUT2D eigenvalue weighted by atomic mass is 9.62. The van der Waals surface area contributed by atoms with Crippen LogP contribution in [0, 0.1) is 11.2 Å². The second-order valence-corrected chi connectivity index (χ2v) is 11.6. The lowest BCUT2D eigenvalue weighted by molar-refractivity contribution is -0.144. The molecule has 204 valence electrons. The average molecular weight is 530 g/mol. The molecule has 2 saturated heterocycles. The normalized spacial score (nSPS) is 19.4. The number of amides is 3. The van der Waals surface area contributed by atoms with Crippen LogP contribution in [0.3, 0.4) is 0 Å². The topological polar surface area (TPSA) is 61.9 Å². The Labute approximate surface area is 229 Å². The molecule has 2 heterocycles. The molecule has 5 rings (SSSR count). The van der Waals surface area contributed by atoms with E-state index in [1.54, 1.807) is 21.9 Å². The first-order valence-corrected chi connectivity index (χ1v) is 13.6. The van der Waals surface area contributed by atoms with Gasteiger partial charge in [-0.1, -0.05) is 42.5 Å². The van der Waals surface area contributed by atoms with Gasteiger partial charge in [0.05, 0.1) is 17.5 Å². The first-order valence-electron chi connectivity index (χ1n) is 13.6. The van der Waals surface area contributed by atoms with Crippen molar-refractivity contribution in [3.63, 3.8) is 0 Å². The summed E-state index contributed by atoms with van der Waals surface area (Å²) in [6.45, 7) is 8.88. The summed E-state index contributed by atoms with van der Waals surface area (Å²) in [6.07, 6.45) is 1.09. The summed E-state index contributed by atoms with van der Waals surface area (Å²) in [5.74, 6) is 0.461. The van der Waals surface area contributed by atoms with Gasteiger partial charge in [-0.3, -0.25) is 4.79 Å². The minimum absolute atomic E-state index is 0.0408. The van der Waals surface area contributed by atoms with Gasteiger partial charge in [0.1, 0.15) is 17.2 Å². The number of hydrogen-bond acceptors (Lipinski definition) is 3. The predicted molar refractivity (Wildman–Crippen MR) is 150 cm³/mol. The van der Waals surface area contributed by atoms with Crippen LogP contribution in [-0.4, -0.2) is 35.5 Å². The van der Waals surface area contributed by atoms with Crippen molar-refractivity contribution in [1.29, 1.82) is 0 Å². The van der Waals surface area contributed by atoms with E-state index in [9.17, 15) is 14.0 Å². The molecule has 2 unspecified atom stereocenters. The van der Waals surface area contributed by atoms with Crippen molar-refractivity contribution in [2.75, 3.05) is 18.0 Å². The molecule has 1 N–H and O–H groups in total. The Bertz CT molecular complexity index is 1310. The van der Waals surface area contributed by atoms with E-state index in [1.165, 1.54) is 12.1 Å². The molecule has 2 atom stereocenters. The minimum atomic E-state index is -0.639. The first kappa shape index (κ1) is 26.7. The standard InChI is InChI=1S/C32H36FN3O3/c1-22(23-8-6-5-7-9-23)34-30(38)35-20-18-32(19-21-35)28(24-10-12-25(33)13-11-24)36(29(32)37)26-14-16-27(17-15-26)39-31(2,3)4/h5-17,22,28H,18-21H2,1-4H3,(H,34,38). The lowest BCUT2D eigenvalue weighted by Crippen LogP contribution is -2.67. The molecular formula is C32H36FN3O3. The van der Waals surface area contributed by atoms with Gasteiger partial charge in [-0.2, -0.15) is 0 Å². The van der Waals surface area contributed by atoms with Crippen LogP contribution in [0.15, 0.2) is 78.9 Å². The number of hydrogen-bond donors (Lipinski definition) is 1. The predicted octanol–water partition coefficient (Wildman–Crippen LogP) is 6.64. The minimum Gasteiger partial charge on any atom is -0.488 e. The Kier molecular flexibility index (Phi) is 7.10. The van der Waals surface area contributed by atoms with Crippen molar-refractivity contribution in [2.45, 2.75) is 58.2 Å². The highest BCUT2D eigenvalue weighted by Crippen LogP contribution is 2.57. The van der Waals surface area contributed by atoms with Crippen LogP contribution in [0.5, 0.6) is 5.75 Å². The summed E-state index contributed by atoms with van der Waals surface area (Å²) in [5.41, 5.74) is 1.74. The van der Waals surface area contributed by atoms with Crippen molar-refractivity contribution in [3.05, 3.63) is 95.8 Å². The largest absolute Gasteiger partial charge is 0.488 e. The molecule has 0 radical (unpaired) electrons. The number of halogens is 1. The van der Waals surface area contributed by atoms with E-state index in [0.29, 0.717) is 25.9 Å². The van der Waals surface area contributed by atoms with Crippen molar-refractivity contribution in [2.24, 2.45) is 5.41 Å². The second kappa shape index (κ2) is 10.4. The summed E-state index contributed by atoms with van der Waals surface area (Å²) in [4.78, 5) is 30.5. The van der Waals surface area contributed by atoms with Crippen LogP contribution < -0.4 is 15.0 Å². The maximum atomic E-state index is 13.8. The van der Waals surface area contributed by atoms with Gasteiger partial charge in [-0.05, 0) is 88.1 Å². The zero-order valence-corrected chi connectivity index (χ0v) is 23.0. The van der Waals surface area contributed by atoms with E-state index in [1.807, 2.05) is 82.3 Å². The molecule has 0 bridgehead atoms. The first-order chi connectivity index (χ1) is 18.6. The molecule has 0 saturated carbocycles. The average Bonchev–Trinajstić information content (AvgIpc) is 2.92. The number of likely N-dealkylation sites (tertiary alicyclic amines) is 1. The number of rotatable bonds is 5. The number of carbonyl (C=O) groups is 2. The van der Waals surface area contributed by atoms with E-state index in [4.69, 9.17) is 4.74 Å². The number of carbonyl (C=O) groups excluding carboxylic acids is 2. The molecule has 7 heteroatoms. The van der Waals surface area contributed by atoms with Gasteiger partial charge in [0.15, 0.2) is 0 Å². The van der Waals surface area contributed by atoms with Crippen LogP contribution in [0.1, 0.15) is 63.7 Å². The summed E-state index contributed by atoms with van der Waals surface area (Å²) in [7, 11) is 0. The third-order valence-corrected chi connectivity index (χ3v) is 7.73. The van der Waals surface area contributed by atoms with Crippen LogP contribution in [0.4, 0.5) is 14.9 Å². The molecule has 2 aliphatic rings. The zero-order chi connectivity index (χ0) is 27.8. The highest BCUT2D eigenvalue weighted by Gasteiger charge is 2.62. The monoisotopic (exact) mass is 529 g/mol. The number of β-lactam (4-membered cyclic amide) rings is 1. The third-order valence-electron chi connectivity index (χ3n) is 7.73. The van der Waals surface area contributed by atoms with Gasteiger partial charge in [0.25, 0.3) is 0 Å². The van der Waals surface area contributed by atoms with Gasteiger partial charge in [-0.25, -0.2) is 9.18 Å². The fourth-order valence-electron chi connectivity index (χ4n) is 5.76. The number of nitrogens with one attached hydrogen (secondary N) is 1. The number of anilines is 1. The van der Waals surface area contributed by atoms with Gasteiger partial charge < -0.3 is 19.9 Å². The molecule has 0 aromatic heterocycles. The Morgan fingerprint density at radius 2 is 1.59 bits per heavy atom. The van der Waals surface area contributed by atoms with Crippen molar-refractivity contribution < 1.29 is 18.7 Å². The zero-order valence-electron chi connectivity index (χ0n) is 23.0. The van der Waals surface area contributed by atoms with Crippen LogP contribution in [0.25, 0.3) is 0 Å². The number of ether oxygens (including phenoxy) is 1. The molecule has 2 fully saturated rings. The second-order valence-electron chi connectivity index (χ2n) is 11.6. The third kappa shape index (κ3) is 5.35. The molecule has 1 spiro atoms. The van der Waals surface area contributed by atoms with Crippen LogP contribution in [-0.2, 0) is 4.79 Å². The highest BCUT2D eigenvalue weighted by molar-refractivity contribution is 6.06. The highest BCUT2D eigenvalue weighted by atomic mass is 19.1. The molecular weight excluding hydrogens is 493 g/mol. The van der Waals surface area contributed by atoms with Crippen molar-refractivity contribution >= 4 is 17.6 Å². The number of benzene rings is 3. The number of piperidine rings is 1.